The van der Waals surface area contributed by atoms with Gasteiger partial charge in [0, 0.05) is 13.0 Å². The van der Waals surface area contributed by atoms with Crippen molar-refractivity contribution in [3.8, 4) is 0 Å². The summed E-state index contributed by atoms with van der Waals surface area (Å²) in [5, 5.41) is 2.44. The van der Waals surface area contributed by atoms with Crippen molar-refractivity contribution in [2.24, 2.45) is 5.92 Å². The van der Waals surface area contributed by atoms with Crippen molar-refractivity contribution in [1.29, 1.82) is 0 Å². The molecule has 1 saturated carbocycles. The van der Waals surface area contributed by atoms with Gasteiger partial charge < -0.3 is 9.16 Å². The molecule has 1 aliphatic carbocycles. The number of carbonyl (C=O) groups is 2. The molecule has 0 radical (unpaired) electrons. The Labute approximate surface area is 210 Å². The average Bonchev–Trinajstić information content (AvgIpc) is 3.36. The third kappa shape index (κ3) is 4.83. The van der Waals surface area contributed by atoms with Gasteiger partial charge >= 0.3 is 6.09 Å². The van der Waals surface area contributed by atoms with Crippen LogP contribution in [0.5, 0.6) is 0 Å². The van der Waals surface area contributed by atoms with E-state index in [-0.39, 0.29) is 16.9 Å². The molecule has 2 aromatic rings. The third-order valence-electron chi connectivity index (χ3n) is 7.44. The highest BCUT2D eigenvalue weighted by Gasteiger charge is 2.65. The summed E-state index contributed by atoms with van der Waals surface area (Å²) < 4.78 is 12.6. The highest BCUT2D eigenvalue weighted by Crippen LogP contribution is 2.57. The Hall–Kier alpha value is -2.44. The molecule has 4 rings (SSSR count). The molecule has 1 heterocycles. The van der Waals surface area contributed by atoms with Gasteiger partial charge in [-0.3, -0.25) is 4.79 Å². The molecule has 2 fully saturated rings. The summed E-state index contributed by atoms with van der Waals surface area (Å²) in [6, 6.07) is 21.3. The number of ether oxygens (including phenoxy) is 1. The molecular formula is C29H39NO4Si. The zero-order valence-electron chi connectivity index (χ0n) is 22.0. The first-order valence-corrected chi connectivity index (χ1v) is 14.6. The van der Waals surface area contributed by atoms with Crippen molar-refractivity contribution in [2.45, 2.75) is 83.4 Å². The molecule has 2 aliphatic rings. The van der Waals surface area contributed by atoms with E-state index in [1.165, 1.54) is 15.3 Å². The number of nitrogens with zero attached hydrogens (tertiary/aromatic N) is 1. The maximum Gasteiger partial charge on any atom is 0.417 e. The van der Waals surface area contributed by atoms with Gasteiger partial charge in [0.2, 0.25) is 5.91 Å². The van der Waals surface area contributed by atoms with Crippen LogP contribution < -0.4 is 10.4 Å². The average molecular weight is 494 g/mol. The van der Waals surface area contributed by atoms with E-state index in [9.17, 15) is 9.59 Å². The molecule has 1 saturated heterocycles. The van der Waals surface area contributed by atoms with E-state index in [4.69, 9.17) is 9.16 Å². The minimum atomic E-state index is -2.60. The lowest BCUT2D eigenvalue weighted by atomic mass is 10.1. The fourth-order valence-electron chi connectivity index (χ4n) is 5.82. The number of imide groups is 1. The SMILES string of the molecule is CC(C)(C)OC(=O)N1C(=O)CC[C@@]12C[C@H]2CCO[Si](c1ccccc1)(c1ccccc1)C(C)(C)C. The standard InChI is InChI=1S/C29H39NO4Si/c1-27(2,3)34-26(32)30-25(31)17-19-29(30)21-22(29)18-20-33-35(28(4,5)6,23-13-9-7-10-14-23)24-15-11-8-12-16-24/h7-16,22H,17-21H2,1-6H3/t22-,29+/m1/s1. The van der Waals surface area contributed by atoms with Crippen molar-refractivity contribution in [1.82, 2.24) is 4.90 Å². The number of carbonyl (C=O) groups excluding carboxylic acids is 2. The van der Waals surface area contributed by atoms with Crippen molar-refractivity contribution in [3.63, 3.8) is 0 Å². The number of benzene rings is 2. The van der Waals surface area contributed by atoms with Crippen molar-refractivity contribution in [2.75, 3.05) is 6.61 Å². The predicted molar refractivity (Wildman–Crippen MR) is 141 cm³/mol. The summed E-state index contributed by atoms with van der Waals surface area (Å²) in [5.74, 6) is 0.134. The highest BCUT2D eigenvalue weighted by molar-refractivity contribution is 6.99. The van der Waals surface area contributed by atoms with Crippen molar-refractivity contribution >= 4 is 30.7 Å². The molecule has 0 aromatic heterocycles. The Morgan fingerprint density at radius 3 is 2.00 bits per heavy atom. The van der Waals surface area contributed by atoms with Crippen LogP contribution in [0, 0.1) is 5.92 Å². The summed E-state index contributed by atoms with van der Waals surface area (Å²) in [7, 11) is -2.60. The van der Waals surface area contributed by atoms with Crippen LogP contribution in [0.2, 0.25) is 5.04 Å². The van der Waals surface area contributed by atoms with E-state index < -0.39 is 25.6 Å². The predicted octanol–water partition coefficient (Wildman–Crippen LogP) is 5.27. The van der Waals surface area contributed by atoms with Crippen LogP contribution in [-0.4, -0.2) is 43.0 Å². The summed E-state index contributed by atoms with van der Waals surface area (Å²) in [5.41, 5.74) is -1.02. The van der Waals surface area contributed by atoms with Crippen LogP contribution in [0.3, 0.4) is 0 Å². The fraction of sp³-hybridized carbons (Fsp3) is 0.517. The zero-order valence-corrected chi connectivity index (χ0v) is 23.0. The minimum absolute atomic E-state index is 0.0805. The topological polar surface area (TPSA) is 55.8 Å². The van der Waals surface area contributed by atoms with Crippen LogP contribution in [0.1, 0.15) is 67.2 Å². The van der Waals surface area contributed by atoms with Gasteiger partial charge in [-0.1, -0.05) is 81.4 Å². The smallest absolute Gasteiger partial charge is 0.417 e. The Morgan fingerprint density at radius 1 is 0.971 bits per heavy atom. The zero-order chi connectivity index (χ0) is 25.5. The van der Waals surface area contributed by atoms with Crippen LogP contribution in [0.15, 0.2) is 60.7 Å². The van der Waals surface area contributed by atoms with Crippen LogP contribution in [0.25, 0.3) is 0 Å². The second-order valence-corrected chi connectivity index (χ2v) is 16.3. The lowest BCUT2D eigenvalue weighted by Crippen LogP contribution is -2.66. The van der Waals surface area contributed by atoms with Crippen molar-refractivity contribution in [3.05, 3.63) is 60.7 Å². The Balaban J connectivity index is 1.55. The fourth-order valence-corrected chi connectivity index (χ4v) is 10.4. The van der Waals surface area contributed by atoms with Gasteiger partial charge in [-0.15, -0.1) is 0 Å². The molecule has 2 aromatic carbocycles. The van der Waals surface area contributed by atoms with E-state index >= 15 is 0 Å². The lowest BCUT2D eigenvalue weighted by molar-refractivity contribution is -0.128. The number of likely N-dealkylation sites (tertiary alicyclic amines) is 1. The Morgan fingerprint density at radius 2 is 1.51 bits per heavy atom. The number of amides is 2. The molecule has 0 N–H and O–H groups in total. The molecule has 2 amide bonds. The maximum absolute atomic E-state index is 12.9. The molecule has 1 aliphatic heterocycles. The van der Waals surface area contributed by atoms with Gasteiger partial charge in [-0.05, 0) is 61.4 Å². The van der Waals surface area contributed by atoms with Crippen LogP contribution in [0.4, 0.5) is 4.79 Å². The normalized spacial score (nSPS) is 22.5. The quantitative estimate of drug-likeness (QED) is 0.515. The first kappa shape index (κ1) is 25.6. The van der Waals surface area contributed by atoms with Gasteiger partial charge in [0.05, 0.1) is 5.54 Å². The molecule has 1 spiro atoms. The van der Waals surface area contributed by atoms with E-state index in [0.717, 1.165) is 19.3 Å². The van der Waals surface area contributed by atoms with Gasteiger partial charge in [-0.25, -0.2) is 9.69 Å². The maximum atomic E-state index is 12.9. The molecule has 0 bridgehead atoms. The molecule has 5 nitrogen and oxygen atoms in total. The summed E-state index contributed by atoms with van der Waals surface area (Å²) in [6.45, 7) is 12.9. The van der Waals surface area contributed by atoms with Gasteiger partial charge in [0.25, 0.3) is 8.32 Å². The van der Waals surface area contributed by atoms with Crippen LogP contribution >= 0.6 is 0 Å². The second-order valence-electron chi connectivity index (χ2n) is 12.0. The van der Waals surface area contributed by atoms with E-state index in [1.807, 2.05) is 32.9 Å². The molecule has 0 unspecified atom stereocenters. The van der Waals surface area contributed by atoms with Crippen molar-refractivity contribution < 1.29 is 18.8 Å². The third-order valence-corrected chi connectivity index (χ3v) is 12.5. The van der Waals surface area contributed by atoms with E-state index in [0.29, 0.717) is 13.0 Å². The molecule has 2 atom stereocenters. The van der Waals surface area contributed by atoms with Gasteiger partial charge in [0.15, 0.2) is 0 Å². The lowest BCUT2D eigenvalue weighted by Gasteiger charge is -2.43. The number of rotatable bonds is 6. The summed E-state index contributed by atoms with van der Waals surface area (Å²) in [4.78, 5) is 26.9. The summed E-state index contributed by atoms with van der Waals surface area (Å²) in [6.07, 6.45) is 2.27. The Bertz CT molecular complexity index is 1020. The highest BCUT2D eigenvalue weighted by atomic mass is 28.4. The second kappa shape index (κ2) is 9.21. The summed E-state index contributed by atoms with van der Waals surface area (Å²) >= 11 is 0. The van der Waals surface area contributed by atoms with Gasteiger partial charge in [0.1, 0.15) is 5.60 Å². The first-order chi connectivity index (χ1) is 16.4. The minimum Gasteiger partial charge on any atom is -0.443 e. The van der Waals surface area contributed by atoms with Gasteiger partial charge in [-0.2, -0.15) is 0 Å². The molecule has 6 heteroatoms. The van der Waals surface area contributed by atoms with Crippen LogP contribution in [-0.2, 0) is 14.0 Å². The molecular weight excluding hydrogens is 454 g/mol. The molecule has 188 valence electrons. The molecule has 35 heavy (non-hydrogen) atoms. The largest absolute Gasteiger partial charge is 0.443 e. The monoisotopic (exact) mass is 493 g/mol. The first-order valence-electron chi connectivity index (χ1n) is 12.7. The number of hydrogen-bond acceptors (Lipinski definition) is 4. The number of hydrogen-bond donors (Lipinski definition) is 0. The Kier molecular flexibility index (Phi) is 6.75. The van der Waals surface area contributed by atoms with E-state index in [1.54, 1.807) is 0 Å². The van der Waals surface area contributed by atoms with E-state index in [2.05, 4.69) is 69.3 Å².